The Morgan fingerprint density at radius 2 is 1.71 bits per heavy atom. The smallest absolute Gasteiger partial charge is 0.407 e. The number of rotatable bonds is 10. The number of carbonyl (C=O) groups excluding carboxylic acids is 1. The molecule has 1 unspecified atom stereocenters. The highest BCUT2D eigenvalue weighted by molar-refractivity contribution is 5.80. The Bertz CT molecular complexity index is 321. The summed E-state index contributed by atoms with van der Waals surface area (Å²) in [6.45, 7) is 3.77. The predicted molar refractivity (Wildman–Crippen MR) is 83.3 cm³/mol. The van der Waals surface area contributed by atoms with E-state index in [-0.39, 0.29) is 11.8 Å². The molecule has 5 heteroatoms. The van der Waals surface area contributed by atoms with Gasteiger partial charge in [-0.15, -0.1) is 0 Å². The molecule has 0 aromatic heterocycles. The van der Waals surface area contributed by atoms with Crippen LogP contribution < -0.4 is 5.32 Å². The standard InChI is InChI=1S/C16H30N2O3/c1-2-3-4-5-6-7-8-9-11-17-15(19)14-10-12-18(13-14)16(20)21/h14H,2-13H2,1H3,(H,17,19)(H,20,21). The summed E-state index contributed by atoms with van der Waals surface area (Å²) in [5.74, 6) is -0.142. The summed E-state index contributed by atoms with van der Waals surface area (Å²) in [6, 6.07) is 0. The van der Waals surface area contributed by atoms with Gasteiger partial charge in [0.2, 0.25) is 5.91 Å². The normalized spacial score (nSPS) is 18.0. The van der Waals surface area contributed by atoms with E-state index in [9.17, 15) is 9.59 Å². The summed E-state index contributed by atoms with van der Waals surface area (Å²) in [5.41, 5.74) is 0. The third kappa shape index (κ3) is 7.34. The lowest BCUT2D eigenvalue weighted by atomic mass is 10.1. The van der Waals surface area contributed by atoms with Crippen LogP contribution in [0.3, 0.4) is 0 Å². The molecule has 1 fully saturated rings. The average molecular weight is 298 g/mol. The number of nitrogens with zero attached hydrogens (tertiary/aromatic N) is 1. The molecule has 1 aliphatic heterocycles. The lowest BCUT2D eigenvalue weighted by Gasteiger charge is -2.12. The highest BCUT2D eigenvalue weighted by atomic mass is 16.4. The first kappa shape index (κ1) is 17.8. The van der Waals surface area contributed by atoms with Gasteiger partial charge in [0.25, 0.3) is 0 Å². The maximum Gasteiger partial charge on any atom is 0.407 e. The third-order valence-corrected chi connectivity index (χ3v) is 4.16. The second-order valence-corrected chi connectivity index (χ2v) is 5.98. The van der Waals surface area contributed by atoms with E-state index in [1.54, 1.807) is 0 Å². The van der Waals surface area contributed by atoms with Crippen molar-refractivity contribution in [3.63, 3.8) is 0 Å². The number of carbonyl (C=O) groups is 2. The van der Waals surface area contributed by atoms with Crippen molar-refractivity contribution < 1.29 is 14.7 Å². The number of amides is 2. The van der Waals surface area contributed by atoms with E-state index in [1.165, 1.54) is 49.8 Å². The van der Waals surface area contributed by atoms with Gasteiger partial charge in [-0.05, 0) is 12.8 Å². The van der Waals surface area contributed by atoms with Gasteiger partial charge in [0.15, 0.2) is 0 Å². The molecule has 2 amide bonds. The molecule has 5 nitrogen and oxygen atoms in total. The summed E-state index contributed by atoms with van der Waals surface area (Å²) in [5, 5.41) is 11.8. The van der Waals surface area contributed by atoms with Gasteiger partial charge in [-0.25, -0.2) is 4.79 Å². The summed E-state index contributed by atoms with van der Waals surface area (Å²) in [6.07, 6.45) is 9.75. The Hall–Kier alpha value is -1.26. The molecule has 0 aromatic carbocycles. The van der Waals surface area contributed by atoms with E-state index >= 15 is 0 Å². The minimum Gasteiger partial charge on any atom is -0.465 e. The molecule has 1 atom stereocenters. The zero-order valence-electron chi connectivity index (χ0n) is 13.3. The maximum absolute atomic E-state index is 11.9. The zero-order valence-corrected chi connectivity index (χ0v) is 13.3. The number of likely N-dealkylation sites (tertiary alicyclic amines) is 1. The topological polar surface area (TPSA) is 69.6 Å². The van der Waals surface area contributed by atoms with Crippen LogP contribution in [0.4, 0.5) is 4.79 Å². The number of hydrogen-bond donors (Lipinski definition) is 2. The molecule has 0 bridgehead atoms. The van der Waals surface area contributed by atoms with Crippen LogP contribution in [-0.2, 0) is 4.79 Å². The SMILES string of the molecule is CCCCCCCCCCNC(=O)C1CCN(C(=O)O)C1. The first-order chi connectivity index (χ1) is 10.1. The highest BCUT2D eigenvalue weighted by Gasteiger charge is 2.30. The summed E-state index contributed by atoms with van der Waals surface area (Å²) in [7, 11) is 0. The Morgan fingerprint density at radius 1 is 1.10 bits per heavy atom. The first-order valence-corrected chi connectivity index (χ1v) is 8.40. The van der Waals surface area contributed by atoms with Gasteiger partial charge in [0.05, 0.1) is 5.92 Å². The van der Waals surface area contributed by atoms with Crippen LogP contribution in [0.15, 0.2) is 0 Å². The van der Waals surface area contributed by atoms with E-state index in [0.29, 0.717) is 19.5 Å². The van der Waals surface area contributed by atoms with E-state index in [2.05, 4.69) is 12.2 Å². The molecular formula is C16H30N2O3. The van der Waals surface area contributed by atoms with Crippen LogP contribution in [0.2, 0.25) is 0 Å². The largest absolute Gasteiger partial charge is 0.465 e. The van der Waals surface area contributed by atoms with Crippen LogP contribution in [-0.4, -0.2) is 41.6 Å². The first-order valence-electron chi connectivity index (χ1n) is 8.40. The van der Waals surface area contributed by atoms with Gasteiger partial charge in [-0.1, -0.05) is 51.9 Å². The molecule has 2 N–H and O–H groups in total. The minimum atomic E-state index is -0.923. The molecule has 1 rings (SSSR count). The minimum absolute atomic E-state index is 0.0155. The van der Waals surface area contributed by atoms with Crippen LogP contribution in [0.5, 0.6) is 0 Å². The Labute approximate surface area is 128 Å². The number of nitrogens with one attached hydrogen (secondary N) is 1. The fourth-order valence-corrected chi connectivity index (χ4v) is 2.76. The van der Waals surface area contributed by atoms with Gasteiger partial charge in [0.1, 0.15) is 0 Å². The Balaban J connectivity index is 1.96. The molecule has 1 saturated heterocycles. The van der Waals surface area contributed by atoms with Crippen molar-refractivity contribution in [2.24, 2.45) is 5.92 Å². The molecule has 0 saturated carbocycles. The van der Waals surface area contributed by atoms with Crippen LogP contribution in [0.25, 0.3) is 0 Å². The Morgan fingerprint density at radius 3 is 2.29 bits per heavy atom. The second-order valence-electron chi connectivity index (χ2n) is 5.98. The van der Waals surface area contributed by atoms with E-state index in [4.69, 9.17) is 5.11 Å². The summed E-state index contributed by atoms with van der Waals surface area (Å²) >= 11 is 0. The van der Waals surface area contributed by atoms with Crippen molar-refractivity contribution >= 4 is 12.0 Å². The third-order valence-electron chi connectivity index (χ3n) is 4.16. The van der Waals surface area contributed by atoms with Gasteiger partial charge >= 0.3 is 6.09 Å². The average Bonchev–Trinajstić information content (AvgIpc) is 2.95. The molecule has 1 heterocycles. The van der Waals surface area contributed by atoms with Gasteiger partial charge in [-0.2, -0.15) is 0 Å². The maximum atomic E-state index is 11.9. The van der Waals surface area contributed by atoms with Crippen molar-refractivity contribution in [1.29, 1.82) is 0 Å². The van der Waals surface area contributed by atoms with Crippen molar-refractivity contribution in [2.75, 3.05) is 19.6 Å². The fraction of sp³-hybridized carbons (Fsp3) is 0.875. The van der Waals surface area contributed by atoms with Gasteiger partial charge in [0, 0.05) is 19.6 Å². The van der Waals surface area contributed by atoms with Crippen molar-refractivity contribution in [3.8, 4) is 0 Å². The van der Waals surface area contributed by atoms with Crippen molar-refractivity contribution in [2.45, 2.75) is 64.7 Å². The lowest BCUT2D eigenvalue weighted by molar-refractivity contribution is -0.124. The summed E-state index contributed by atoms with van der Waals surface area (Å²) < 4.78 is 0. The predicted octanol–water partition coefficient (Wildman–Crippen LogP) is 3.24. The monoisotopic (exact) mass is 298 g/mol. The van der Waals surface area contributed by atoms with Crippen molar-refractivity contribution in [1.82, 2.24) is 10.2 Å². The molecule has 122 valence electrons. The molecule has 21 heavy (non-hydrogen) atoms. The van der Waals surface area contributed by atoms with Crippen LogP contribution in [0, 0.1) is 5.92 Å². The van der Waals surface area contributed by atoms with E-state index in [0.717, 1.165) is 13.0 Å². The molecule has 0 radical (unpaired) electrons. The van der Waals surface area contributed by atoms with Crippen LogP contribution in [0.1, 0.15) is 64.7 Å². The van der Waals surface area contributed by atoms with Gasteiger partial charge in [-0.3, -0.25) is 4.79 Å². The molecule has 0 aromatic rings. The Kier molecular flexibility index (Phi) is 8.87. The fourth-order valence-electron chi connectivity index (χ4n) is 2.76. The molecular weight excluding hydrogens is 268 g/mol. The number of carboxylic acid groups (broad SMARTS) is 1. The molecule has 0 spiro atoms. The number of hydrogen-bond acceptors (Lipinski definition) is 2. The summed E-state index contributed by atoms with van der Waals surface area (Å²) in [4.78, 5) is 24.0. The second kappa shape index (κ2) is 10.5. The van der Waals surface area contributed by atoms with Crippen LogP contribution >= 0.6 is 0 Å². The van der Waals surface area contributed by atoms with Gasteiger partial charge < -0.3 is 15.3 Å². The van der Waals surface area contributed by atoms with E-state index in [1.807, 2.05) is 0 Å². The zero-order chi connectivity index (χ0) is 15.5. The molecule has 0 aliphatic carbocycles. The lowest BCUT2D eigenvalue weighted by Crippen LogP contribution is -2.34. The van der Waals surface area contributed by atoms with Crippen molar-refractivity contribution in [3.05, 3.63) is 0 Å². The highest BCUT2D eigenvalue weighted by Crippen LogP contribution is 2.16. The number of unbranched alkanes of at least 4 members (excludes halogenated alkanes) is 7. The molecule has 1 aliphatic rings. The van der Waals surface area contributed by atoms with E-state index < -0.39 is 6.09 Å². The quantitative estimate of drug-likeness (QED) is 0.608.